The standard InChI is InChI=1S/C36H56N6O8S/c1-12-13-15-21(27(44)30(46)37-18-23(43)39-25(31(47)41(10)11)22-16-14-17-51-22)38-29(45)26-24-20(36(24,8)9)19-42(26)32(48)28(34(2,3)4)40-33(49)50-35(5,6)7/h14,16-17,20-21,24-26,28H,12-13,15,18-19H2,1-11H3,(H,37,46)(H,38,45)(H,39,43)(H,40,49)/t20?,21?,24?,25-,26?,28+/m0/s1. The number of ketones is 1. The number of ether oxygens (including phenoxy) is 1. The molecule has 15 heteroatoms. The Morgan fingerprint density at radius 2 is 1.67 bits per heavy atom. The Balaban J connectivity index is 1.75. The number of piperidine rings is 1. The van der Waals surface area contributed by atoms with E-state index >= 15 is 0 Å². The van der Waals surface area contributed by atoms with Gasteiger partial charge in [-0.2, -0.15) is 0 Å². The zero-order valence-corrected chi connectivity index (χ0v) is 32.6. The second kappa shape index (κ2) is 16.1. The molecule has 1 aliphatic carbocycles. The van der Waals surface area contributed by atoms with Crippen LogP contribution in [0.15, 0.2) is 17.5 Å². The Morgan fingerprint density at radius 1 is 1.02 bits per heavy atom. The van der Waals surface area contributed by atoms with E-state index in [0.29, 0.717) is 24.3 Å². The highest BCUT2D eigenvalue weighted by molar-refractivity contribution is 7.10. The number of alkyl carbamates (subject to hydrolysis) is 1. The predicted molar refractivity (Wildman–Crippen MR) is 192 cm³/mol. The number of Topliss-reactive ketones (excluding diaryl/α,β-unsaturated/α-hetero) is 1. The number of amides is 6. The first kappa shape index (κ1) is 41.4. The van der Waals surface area contributed by atoms with E-state index in [0.717, 1.165) is 0 Å². The van der Waals surface area contributed by atoms with Gasteiger partial charge < -0.3 is 35.8 Å². The van der Waals surface area contributed by atoms with E-state index in [9.17, 15) is 33.6 Å². The molecule has 2 aliphatic rings. The molecule has 0 radical (unpaired) electrons. The van der Waals surface area contributed by atoms with E-state index in [4.69, 9.17) is 4.74 Å². The summed E-state index contributed by atoms with van der Waals surface area (Å²) in [5, 5.41) is 12.2. The molecule has 6 amide bonds. The molecule has 0 spiro atoms. The first-order chi connectivity index (χ1) is 23.5. The number of unbranched alkanes of at least 4 members (excludes halogenated alkanes) is 1. The summed E-state index contributed by atoms with van der Waals surface area (Å²) in [6.45, 7) is 16.3. The third-order valence-corrected chi connectivity index (χ3v) is 10.4. The van der Waals surface area contributed by atoms with Crippen molar-refractivity contribution in [1.29, 1.82) is 0 Å². The summed E-state index contributed by atoms with van der Waals surface area (Å²) >= 11 is 1.29. The molecule has 4 N–H and O–H groups in total. The number of carbonyl (C=O) groups excluding carboxylic acids is 7. The van der Waals surface area contributed by atoms with E-state index in [1.165, 1.54) is 21.1 Å². The first-order valence-electron chi connectivity index (χ1n) is 17.5. The van der Waals surface area contributed by atoms with Crippen molar-refractivity contribution in [3.63, 3.8) is 0 Å². The number of nitrogens with zero attached hydrogens (tertiary/aromatic N) is 2. The van der Waals surface area contributed by atoms with Crippen LogP contribution in [0.3, 0.4) is 0 Å². The monoisotopic (exact) mass is 732 g/mol. The smallest absolute Gasteiger partial charge is 0.408 e. The topological polar surface area (TPSA) is 183 Å². The van der Waals surface area contributed by atoms with Gasteiger partial charge in [-0.3, -0.25) is 28.8 Å². The van der Waals surface area contributed by atoms with Crippen molar-refractivity contribution in [2.45, 2.75) is 111 Å². The number of likely N-dealkylation sites (tertiary alicyclic amines) is 1. The third-order valence-electron chi connectivity index (χ3n) is 9.47. The number of hydrogen-bond acceptors (Lipinski definition) is 9. The third kappa shape index (κ3) is 10.3. The molecule has 284 valence electrons. The van der Waals surface area contributed by atoms with Gasteiger partial charge in [0.15, 0.2) is 0 Å². The highest BCUT2D eigenvalue weighted by Crippen LogP contribution is 2.65. The minimum absolute atomic E-state index is 0.0309. The maximum atomic E-state index is 14.1. The summed E-state index contributed by atoms with van der Waals surface area (Å²) in [5.41, 5.74) is -1.76. The van der Waals surface area contributed by atoms with Crippen molar-refractivity contribution in [3.8, 4) is 0 Å². The van der Waals surface area contributed by atoms with E-state index in [2.05, 4.69) is 21.3 Å². The van der Waals surface area contributed by atoms with Crippen molar-refractivity contribution in [3.05, 3.63) is 22.4 Å². The molecule has 0 aromatic carbocycles. The van der Waals surface area contributed by atoms with Crippen LogP contribution < -0.4 is 21.3 Å². The van der Waals surface area contributed by atoms with Crippen molar-refractivity contribution in [2.75, 3.05) is 27.2 Å². The molecule has 1 aliphatic heterocycles. The van der Waals surface area contributed by atoms with Gasteiger partial charge in [-0.1, -0.05) is 60.5 Å². The number of carbonyl (C=O) groups is 7. The first-order valence-corrected chi connectivity index (χ1v) is 18.4. The van der Waals surface area contributed by atoms with E-state index < -0.39 is 77.2 Å². The molecule has 1 aromatic heterocycles. The van der Waals surface area contributed by atoms with Gasteiger partial charge in [-0.05, 0) is 61.3 Å². The molecule has 2 heterocycles. The Bertz CT molecular complexity index is 1480. The van der Waals surface area contributed by atoms with Gasteiger partial charge in [-0.15, -0.1) is 11.3 Å². The highest BCUT2D eigenvalue weighted by atomic mass is 32.1. The summed E-state index contributed by atoms with van der Waals surface area (Å²) in [4.78, 5) is 96.5. The number of fused-ring (bicyclic) bond motifs is 1. The highest BCUT2D eigenvalue weighted by Gasteiger charge is 2.70. The van der Waals surface area contributed by atoms with Gasteiger partial charge in [0.05, 0.1) is 12.6 Å². The SMILES string of the molecule is CCCCC(NC(=O)C1C2C(CN1C(=O)[C@@H](NC(=O)OC(C)(C)C)C(C)(C)C)C2(C)C)C(=O)C(=O)NCC(=O)N[C@H](C(=O)N(C)C)c1cccs1. The summed E-state index contributed by atoms with van der Waals surface area (Å²) in [7, 11) is 3.13. The molecule has 51 heavy (non-hydrogen) atoms. The van der Waals surface area contributed by atoms with Crippen molar-refractivity contribution in [2.24, 2.45) is 22.7 Å². The van der Waals surface area contributed by atoms with Crippen LogP contribution in [0.1, 0.15) is 92.5 Å². The van der Waals surface area contributed by atoms with Crippen molar-refractivity contribution < 1.29 is 38.3 Å². The van der Waals surface area contributed by atoms with Gasteiger partial charge in [0.2, 0.25) is 29.4 Å². The molecule has 0 bridgehead atoms. The Kier molecular flexibility index (Phi) is 13.1. The maximum absolute atomic E-state index is 14.1. The molecule has 6 atom stereocenters. The van der Waals surface area contributed by atoms with Crippen LogP contribution in [0, 0.1) is 22.7 Å². The lowest BCUT2D eigenvalue weighted by atomic mass is 9.85. The molecule has 3 rings (SSSR count). The fourth-order valence-corrected chi connectivity index (χ4v) is 7.34. The zero-order valence-electron chi connectivity index (χ0n) is 31.8. The van der Waals surface area contributed by atoms with Crippen LogP contribution in [0.2, 0.25) is 0 Å². The number of likely N-dealkylation sites (N-methyl/N-ethyl adjacent to an activating group) is 1. The lowest BCUT2D eigenvalue weighted by molar-refractivity contribution is -0.145. The Hall–Kier alpha value is -4.01. The molecule has 1 saturated heterocycles. The summed E-state index contributed by atoms with van der Waals surface area (Å²) in [6, 6.07) is -0.637. The molecular formula is C36H56N6O8S. The van der Waals surface area contributed by atoms with Gasteiger partial charge >= 0.3 is 6.09 Å². The van der Waals surface area contributed by atoms with Crippen LogP contribution in [0.5, 0.6) is 0 Å². The Morgan fingerprint density at radius 3 is 2.20 bits per heavy atom. The van der Waals surface area contributed by atoms with Crippen LogP contribution in [-0.4, -0.2) is 102 Å². The maximum Gasteiger partial charge on any atom is 0.408 e. The summed E-state index contributed by atoms with van der Waals surface area (Å²) in [5.74, 6) is -4.17. The van der Waals surface area contributed by atoms with Gasteiger partial charge in [0.25, 0.3) is 5.91 Å². The van der Waals surface area contributed by atoms with Crippen LogP contribution in [-0.2, 0) is 33.5 Å². The van der Waals surface area contributed by atoms with Crippen LogP contribution in [0.4, 0.5) is 4.79 Å². The normalized spacial score (nSPS) is 20.9. The largest absolute Gasteiger partial charge is 0.444 e. The van der Waals surface area contributed by atoms with Crippen molar-refractivity contribution >= 4 is 52.7 Å². The summed E-state index contributed by atoms with van der Waals surface area (Å²) < 4.78 is 5.43. The number of hydrogen-bond donors (Lipinski definition) is 4. The number of thiophene rings is 1. The molecule has 1 aromatic rings. The van der Waals surface area contributed by atoms with Crippen molar-refractivity contribution in [1.82, 2.24) is 31.1 Å². The minimum atomic E-state index is -1.20. The number of nitrogens with one attached hydrogen (secondary N) is 4. The number of rotatable bonds is 14. The fourth-order valence-electron chi connectivity index (χ4n) is 6.57. The summed E-state index contributed by atoms with van der Waals surface area (Å²) in [6.07, 6.45) is 0.624. The zero-order chi connectivity index (χ0) is 38.6. The van der Waals surface area contributed by atoms with Crippen LogP contribution >= 0.6 is 11.3 Å². The van der Waals surface area contributed by atoms with Gasteiger partial charge in [0, 0.05) is 25.5 Å². The molecule has 14 nitrogen and oxygen atoms in total. The Labute approximate surface area is 305 Å². The van der Waals surface area contributed by atoms with E-state index in [1.54, 1.807) is 52.4 Å². The average Bonchev–Trinajstić information content (AvgIpc) is 3.46. The average molecular weight is 733 g/mol. The van der Waals surface area contributed by atoms with E-state index in [1.807, 2.05) is 41.5 Å². The lowest BCUT2D eigenvalue weighted by Crippen LogP contribution is -2.60. The molecule has 1 saturated carbocycles. The molecular weight excluding hydrogens is 676 g/mol. The molecule has 4 unspecified atom stereocenters. The minimum Gasteiger partial charge on any atom is -0.444 e. The van der Waals surface area contributed by atoms with Crippen LogP contribution in [0.25, 0.3) is 0 Å². The van der Waals surface area contributed by atoms with Gasteiger partial charge in [-0.25, -0.2) is 4.79 Å². The lowest BCUT2D eigenvalue weighted by Gasteiger charge is -2.38. The fraction of sp³-hybridized carbons (Fsp3) is 0.694. The quantitative estimate of drug-likeness (QED) is 0.211. The predicted octanol–water partition coefficient (Wildman–Crippen LogP) is 2.78. The second-order valence-electron chi connectivity index (χ2n) is 16.3. The van der Waals surface area contributed by atoms with E-state index in [-0.39, 0.29) is 29.6 Å². The second-order valence-corrected chi connectivity index (χ2v) is 17.3. The molecule has 2 fully saturated rings. The van der Waals surface area contributed by atoms with Gasteiger partial charge in [0.1, 0.15) is 23.7 Å².